The van der Waals surface area contributed by atoms with Gasteiger partial charge in [-0.25, -0.2) is 9.07 Å². The molecule has 0 saturated heterocycles. The van der Waals surface area contributed by atoms with Gasteiger partial charge in [0.1, 0.15) is 5.82 Å². The molecule has 3 aromatic rings. The van der Waals surface area contributed by atoms with Crippen LogP contribution in [-0.2, 0) is 12.7 Å². The van der Waals surface area contributed by atoms with Crippen LogP contribution in [0.2, 0.25) is 0 Å². The molecule has 0 unspecified atom stereocenters. The largest absolute Gasteiger partial charge is 0.418 e. The molecule has 5 nitrogen and oxygen atoms in total. The van der Waals surface area contributed by atoms with Crippen LogP contribution in [0.5, 0.6) is 0 Å². The number of alkyl halides is 3. The van der Waals surface area contributed by atoms with Crippen LogP contribution in [0.3, 0.4) is 0 Å². The predicted molar refractivity (Wildman–Crippen MR) is 83.9 cm³/mol. The average Bonchev–Trinajstić information content (AvgIpc) is 3.10. The SMILES string of the molecule is O=C(NCc1ccc(F)cc1)c1cn(-c2ccccc2C(F)(F)F)nn1. The van der Waals surface area contributed by atoms with Gasteiger partial charge in [0, 0.05) is 6.54 Å². The summed E-state index contributed by atoms with van der Waals surface area (Å²) in [5.74, 6) is -1.00. The number of nitrogens with zero attached hydrogens (tertiary/aromatic N) is 3. The van der Waals surface area contributed by atoms with E-state index in [1.807, 2.05) is 0 Å². The number of carbonyl (C=O) groups excluding carboxylic acids is 1. The van der Waals surface area contributed by atoms with Crippen LogP contribution in [0, 0.1) is 5.82 Å². The number of halogens is 4. The molecule has 0 radical (unpaired) electrons. The van der Waals surface area contributed by atoms with Crippen molar-refractivity contribution in [2.75, 3.05) is 0 Å². The molecule has 26 heavy (non-hydrogen) atoms. The maximum Gasteiger partial charge on any atom is 0.418 e. The summed E-state index contributed by atoms with van der Waals surface area (Å²) >= 11 is 0. The van der Waals surface area contributed by atoms with Crippen molar-refractivity contribution in [1.82, 2.24) is 20.3 Å². The molecule has 9 heteroatoms. The fourth-order valence-corrected chi connectivity index (χ4v) is 2.27. The molecule has 1 amide bonds. The zero-order valence-corrected chi connectivity index (χ0v) is 13.2. The van der Waals surface area contributed by atoms with Gasteiger partial charge in [-0.15, -0.1) is 5.10 Å². The fourth-order valence-electron chi connectivity index (χ4n) is 2.27. The van der Waals surface area contributed by atoms with Crippen LogP contribution >= 0.6 is 0 Å². The Morgan fingerprint density at radius 2 is 1.77 bits per heavy atom. The quantitative estimate of drug-likeness (QED) is 0.723. The Morgan fingerprint density at radius 3 is 2.46 bits per heavy atom. The van der Waals surface area contributed by atoms with Crippen molar-refractivity contribution in [3.8, 4) is 5.69 Å². The number of rotatable bonds is 4. The van der Waals surface area contributed by atoms with Gasteiger partial charge in [-0.2, -0.15) is 13.2 Å². The van der Waals surface area contributed by atoms with Crippen LogP contribution in [0.15, 0.2) is 54.7 Å². The Hall–Kier alpha value is -3.23. The van der Waals surface area contributed by atoms with E-state index in [0.717, 1.165) is 16.9 Å². The van der Waals surface area contributed by atoms with E-state index in [1.165, 1.54) is 42.5 Å². The molecule has 2 aromatic carbocycles. The Kier molecular flexibility index (Phi) is 4.70. The summed E-state index contributed by atoms with van der Waals surface area (Å²) in [5, 5.41) is 9.77. The maximum atomic E-state index is 13.1. The zero-order valence-electron chi connectivity index (χ0n) is 13.2. The van der Waals surface area contributed by atoms with Gasteiger partial charge in [0.25, 0.3) is 5.91 Å². The second-order valence-corrected chi connectivity index (χ2v) is 5.37. The second kappa shape index (κ2) is 6.95. The van der Waals surface area contributed by atoms with Crippen LogP contribution in [-0.4, -0.2) is 20.9 Å². The van der Waals surface area contributed by atoms with Crippen molar-refractivity contribution in [3.05, 3.63) is 77.4 Å². The van der Waals surface area contributed by atoms with Gasteiger partial charge in [0.2, 0.25) is 0 Å². The van der Waals surface area contributed by atoms with Crippen molar-refractivity contribution in [3.63, 3.8) is 0 Å². The lowest BCUT2D eigenvalue weighted by molar-refractivity contribution is -0.137. The lowest BCUT2D eigenvalue weighted by atomic mass is 10.1. The number of amides is 1. The molecule has 0 saturated carbocycles. The minimum atomic E-state index is -4.56. The summed E-state index contributed by atoms with van der Waals surface area (Å²) in [7, 11) is 0. The first-order valence-electron chi connectivity index (χ1n) is 7.46. The highest BCUT2D eigenvalue weighted by Gasteiger charge is 2.34. The van der Waals surface area contributed by atoms with E-state index < -0.39 is 23.5 Å². The lowest BCUT2D eigenvalue weighted by Crippen LogP contribution is -2.23. The van der Waals surface area contributed by atoms with Gasteiger partial charge in [-0.3, -0.25) is 4.79 Å². The molecular weight excluding hydrogens is 352 g/mol. The van der Waals surface area contributed by atoms with Crippen LogP contribution < -0.4 is 5.32 Å². The maximum absolute atomic E-state index is 13.1. The van der Waals surface area contributed by atoms with Gasteiger partial charge in [0.05, 0.1) is 17.4 Å². The monoisotopic (exact) mass is 364 g/mol. The van der Waals surface area contributed by atoms with Gasteiger partial charge < -0.3 is 5.32 Å². The summed E-state index contributed by atoms with van der Waals surface area (Å²) in [6, 6.07) is 10.4. The van der Waals surface area contributed by atoms with E-state index in [1.54, 1.807) is 0 Å². The number of carbonyl (C=O) groups is 1. The molecule has 0 aliphatic heterocycles. The molecule has 0 bridgehead atoms. The summed E-state index contributed by atoms with van der Waals surface area (Å²) in [6.45, 7) is 0.116. The number of nitrogens with one attached hydrogen (secondary N) is 1. The third-order valence-corrected chi connectivity index (χ3v) is 3.55. The van der Waals surface area contributed by atoms with Crippen molar-refractivity contribution in [2.24, 2.45) is 0 Å². The molecule has 0 fully saturated rings. The topological polar surface area (TPSA) is 59.8 Å². The van der Waals surface area contributed by atoms with E-state index in [4.69, 9.17) is 0 Å². The third-order valence-electron chi connectivity index (χ3n) is 3.55. The standard InChI is InChI=1S/C17H12F4N4O/c18-12-7-5-11(6-8-12)9-22-16(26)14-10-25(24-23-14)15-4-2-1-3-13(15)17(19,20)21/h1-8,10H,9H2,(H,22,26). The lowest BCUT2D eigenvalue weighted by Gasteiger charge is -2.11. The number of hydrogen-bond acceptors (Lipinski definition) is 3. The molecule has 0 atom stereocenters. The highest BCUT2D eigenvalue weighted by Crippen LogP contribution is 2.33. The molecule has 134 valence electrons. The van der Waals surface area contributed by atoms with E-state index >= 15 is 0 Å². The molecule has 0 spiro atoms. The summed E-state index contributed by atoms with van der Waals surface area (Å²) < 4.78 is 52.9. The number of hydrogen-bond donors (Lipinski definition) is 1. The first-order chi connectivity index (χ1) is 12.3. The average molecular weight is 364 g/mol. The van der Waals surface area contributed by atoms with Crippen molar-refractivity contribution in [2.45, 2.75) is 12.7 Å². The third kappa shape index (κ3) is 3.88. The first-order valence-corrected chi connectivity index (χ1v) is 7.46. The molecule has 1 N–H and O–H groups in total. The van der Waals surface area contributed by atoms with Crippen molar-refractivity contribution >= 4 is 5.91 Å². The minimum Gasteiger partial charge on any atom is -0.347 e. The Bertz CT molecular complexity index is 919. The summed E-state index contributed by atoms with van der Waals surface area (Å²) in [4.78, 5) is 12.1. The summed E-state index contributed by atoms with van der Waals surface area (Å²) in [5.41, 5.74) is -0.591. The molecule has 0 aliphatic rings. The van der Waals surface area contributed by atoms with Gasteiger partial charge in [0.15, 0.2) is 5.69 Å². The Balaban J connectivity index is 1.76. The molecule has 3 rings (SSSR count). The van der Waals surface area contributed by atoms with Crippen LogP contribution in [0.1, 0.15) is 21.6 Å². The highest BCUT2D eigenvalue weighted by atomic mass is 19.4. The van der Waals surface area contributed by atoms with Crippen molar-refractivity contribution in [1.29, 1.82) is 0 Å². The zero-order chi connectivity index (χ0) is 18.7. The smallest absolute Gasteiger partial charge is 0.347 e. The summed E-state index contributed by atoms with van der Waals surface area (Å²) in [6.07, 6.45) is -3.45. The number of para-hydroxylation sites is 1. The second-order valence-electron chi connectivity index (χ2n) is 5.37. The van der Waals surface area contributed by atoms with Crippen molar-refractivity contribution < 1.29 is 22.4 Å². The molecule has 0 aliphatic carbocycles. The first kappa shape index (κ1) is 17.6. The predicted octanol–water partition coefficient (Wildman–Crippen LogP) is 3.36. The van der Waals surface area contributed by atoms with Gasteiger partial charge >= 0.3 is 6.18 Å². The van der Waals surface area contributed by atoms with Crippen LogP contribution in [0.4, 0.5) is 17.6 Å². The fraction of sp³-hybridized carbons (Fsp3) is 0.118. The Morgan fingerprint density at radius 1 is 1.08 bits per heavy atom. The van der Waals surface area contributed by atoms with Crippen LogP contribution in [0.25, 0.3) is 5.69 Å². The van der Waals surface area contributed by atoms with E-state index in [-0.39, 0.29) is 17.9 Å². The molecular formula is C17H12F4N4O. The number of aromatic nitrogens is 3. The number of benzene rings is 2. The molecule has 1 heterocycles. The van der Waals surface area contributed by atoms with E-state index in [0.29, 0.717) is 5.56 Å². The van der Waals surface area contributed by atoms with E-state index in [2.05, 4.69) is 15.6 Å². The van der Waals surface area contributed by atoms with Gasteiger partial charge in [-0.05, 0) is 29.8 Å². The minimum absolute atomic E-state index is 0.116. The Labute approximate surface area is 145 Å². The molecule has 1 aromatic heterocycles. The highest BCUT2D eigenvalue weighted by molar-refractivity contribution is 5.91. The normalized spacial score (nSPS) is 11.4. The van der Waals surface area contributed by atoms with E-state index in [9.17, 15) is 22.4 Å². The van der Waals surface area contributed by atoms with Gasteiger partial charge in [-0.1, -0.05) is 29.5 Å².